The lowest BCUT2D eigenvalue weighted by molar-refractivity contribution is 0.248. The zero-order chi connectivity index (χ0) is 17.5. The number of rotatable bonds is 4. The highest BCUT2D eigenvalue weighted by molar-refractivity contribution is 5.74. The van der Waals surface area contributed by atoms with Crippen LogP contribution in [-0.2, 0) is 0 Å². The largest absolute Gasteiger partial charge is 0.476 e. The lowest BCUT2D eigenvalue weighted by atomic mass is 10.1. The maximum absolute atomic E-state index is 13.3. The maximum atomic E-state index is 13.3. The van der Waals surface area contributed by atoms with Crippen LogP contribution in [0.5, 0.6) is 5.88 Å². The van der Waals surface area contributed by atoms with Gasteiger partial charge < -0.3 is 14.1 Å². The summed E-state index contributed by atoms with van der Waals surface area (Å²) < 4.78 is 26.5. The molecule has 0 aliphatic carbocycles. The third kappa shape index (κ3) is 2.73. The Bertz CT molecular complexity index is 1080. The minimum absolute atomic E-state index is 0.324. The summed E-state index contributed by atoms with van der Waals surface area (Å²) in [6.45, 7) is 2.18. The van der Waals surface area contributed by atoms with Gasteiger partial charge >= 0.3 is 0 Å². The molecule has 7 nitrogen and oxygen atoms in total. The third-order valence-electron chi connectivity index (χ3n) is 4.59. The number of aromatic nitrogens is 4. The number of oxazole rings is 1. The van der Waals surface area contributed by atoms with Crippen molar-refractivity contribution in [2.75, 3.05) is 24.6 Å². The fraction of sp³-hybridized carbons (Fsp3) is 0.278. The molecule has 26 heavy (non-hydrogen) atoms. The second-order valence-electron chi connectivity index (χ2n) is 6.42. The molecular formula is C18H16FN5O2. The molecule has 0 radical (unpaired) electrons. The smallest absolute Gasteiger partial charge is 0.298 e. The fourth-order valence-corrected chi connectivity index (χ4v) is 3.24. The van der Waals surface area contributed by atoms with E-state index in [0.29, 0.717) is 35.5 Å². The first-order chi connectivity index (χ1) is 12.7. The molecule has 5 rings (SSSR count). The Kier molecular flexibility index (Phi) is 3.48. The molecule has 1 saturated heterocycles. The molecule has 1 aliphatic heterocycles. The van der Waals surface area contributed by atoms with Gasteiger partial charge in [0.05, 0.1) is 6.61 Å². The van der Waals surface area contributed by atoms with Gasteiger partial charge in [-0.3, -0.25) is 0 Å². The van der Waals surface area contributed by atoms with Gasteiger partial charge in [-0.25, -0.2) is 13.9 Å². The van der Waals surface area contributed by atoms with E-state index in [1.54, 1.807) is 23.0 Å². The zero-order valence-corrected chi connectivity index (χ0v) is 13.9. The van der Waals surface area contributed by atoms with Crippen molar-refractivity contribution >= 4 is 22.8 Å². The van der Waals surface area contributed by atoms with Crippen LogP contribution in [0.2, 0.25) is 0 Å². The van der Waals surface area contributed by atoms with Crippen LogP contribution in [0.15, 0.2) is 47.1 Å². The van der Waals surface area contributed by atoms with Gasteiger partial charge in [0, 0.05) is 43.5 Å². The molecular weight excluding hydrogens is 337 g/mol. The van der Waals surface area contributed by atoms with Crippen molar-refractivity contribution in [2.45, 2.75) is 6.42 Å². The normalized spacial score (nSPS) is 17.4. The van der Waals surface area contributed by atoms with Crippen LogP contribution >= 0.6 is 0 Å². The van der Waals surface area contributed by atoms with Gasteiger partial charge in [-0.1, -0.05) is 0 Å². The molecule has 4 aromatic rings. The number of fused-ring (bicyclic) bond motifs is 2. The van der Waals surface area contributed by atoms with Gasteiger partial charge in [-0.15, -0.1) is 5.10 Å². The first-order valence-corrected chi connectivity index (χ1v) is 8.49. The van der Waals surface area contributed by atoms with E-state index in [1.807, 2.05) is 12.1 Å². The molecule has 8 heteroatoms. The van der Waals surface area contributed by atoms with Crippen LogP contribution in [0.3, 0.4) is 0 Å². The van der Waals surface area contributed by atoms with Crippen molar-refractivity contribution in [2.24, 2.45) is 5.92 Å². The number of imidazole rings is 1. The Morgan fingerprint density at radius 1 is 1.27 bits per heavy atom. The zero-order valence-electron chi connectivity index (χ0n) is 13.9. The van der Waals surface area contributed by atoms with Crippen LogP contribution in [-0.4, -0.2) is 39.3 Å². The molecule has 4 heterocycles. The minimum atomic E-state index is -0.324. The summed E-state index contributed by atoms with van der Waals surface area (Å²) in [4.78, 5) is 10.7. The van der Waals surface area contributed by atoms with Gasteiger partial charge in [-0.2, -0.15) is 4.98 Å². The molecule has 0 bridgehead atoms. The second-order valence-corrected chi connectivity index (χ2v) is 6.42. The average molecular weight is 353 g/mol. The summed E-state index contributed by atoms with van der Waals surface area (Å²) in [6, 6.07) is 8.61. The third-order valence-corrected chi connectivity index (χ3v) is 4.59. The molecule has 0 N–H and O–H groups in total. The molecule has 3 aromatic heterocycles. The summed E-state index contributed by atoms with van der Waals surface area (Å²) in [5, 5.41) is 4.36. The Labute approximate surface area is 148 Å². The summed E-state index contributed by atoms with van der Waals surface area (Å²) in [6.07, 6.45) is 4.46. The standard InChI is InChI=1S/C18H16FN5O2/c19-13-1-2-14-15(9-13)26-18(21-14)23-7-5-12(10-23)11-25-17-4-3-16-20-6-8-24(16)22-17/h1-4,6,8-9,12H,5,7,10-11H2. The molecule has 1 atom stereocenters. The van der Waals surface area contributed by atoms with E-state index in [4.69, 9.17) is 9.15 Å². The van der Waals surface area contributed by atoms with E-state index in [0.717, 1.165) is 25.2 Å². The van der Waals surface area contributed by atoms with E-state index >= 15 is 0 Å². The van der Waals surface area contributed by atoms with E-state index in [-0.39, 0.29) is 5.82 Å². The van der Waals surface area contributed by atoms with Crippen molar-refractivity contribution in [1.29, 1.82) is 0 Å². The second kappa shape index (κ2) is 5.98. The van der Waals surface area contributed by atoms with Crippen molar-refractivity contribution < 1.29 is 13.5 Å². The highest BCUT2D eigenvalue weighted by Gasteiger charge is 2.26. The minimum Gasteiger partial charge on any atom is -0.476 e. The van der Waals surface area contributed by atoms with Crippen LogP contribution < -0.4 is 9.64 Å². The number of hydrogen-bond acceptors (Lipinski definition) is 6. The molecule has 1 aliphatic rings. The Balaban J connectivity index is 1.24. The van der Waals surface area contributed by atoms with E-state index in [2.05, 4.69) is 20.0 Å². The van der Waals surface area contributed by atoms with Crippen molar-refractivity contribution in [3.05, 3.63) is 48.5 Å². The van der Waals surface area contributed by atoms with Crippen LogP contribution in [0, 0.1) is 11.7 Å². The maximum Gasteiger partial charge on any atom is 0.298 e. The van der Waals surface area contributed by atoms with Gasteiger partial charge in [0.2, 0.25) is 5.88 Å². The topological polar surface area (TPSA) is 68.7 Å². The Morgan fingerprint density at radius 3 is 3.19 bits per heavy atom. The van der Waals surface area contributed by atoms with Crippen molar-refractivity contribution in [3.63, 3.8) is 0 Å². The number of halogens is 1. The average Bonchev–Trinajstić information content (AvgIpc) is 3.37. The van der Waals surface area contributed by atoms with Crippen LogP contribution in [0.1, 0.15) is 6.42 Å². The van der Waals surface area contributed by atoms with Gasteiger partial charge in [0.15, 0.2) is 11.2 Å². The van der Waals surface area contributed by atoms with Crippen LogP contribution in [0.25, 0.3) is 16.7 Å². The predicted octanol–water partition coefficient (Wildman–Crippen LogP) is 2.91. The summed E-state index contributed by atoms with van der Waals surface area (Å²) in [5.41, 5.74) is 1.92. The first-order valence-electron chi connectivity index (χ1n) is 8.49. The number of ether oxygens (including phenoxy) is 1. The number of anilines is 1. The molecule has 0 saturated carbocycles. The van der Waals surface area contributed by atoms with Gasteiger partial charge in [0.1, 0.15) is 11.3 Å². The molecule has 1 unspecified atom stereocenters. The number of hydrogen-bond donors (Lipinski definition) is 0. The molecule has 132 valence electrons. The molecule has 1 fully saturated rings. The summed E-state index contributed by atoms with van der Waals surface area (Å²) in [5.74, 6) is 0.601. The first kappa shape index (κ1) is 15.1. The molecule has 0 spiro atoms. The van der Waals surface area contributed by atoms with E-state index in [9.17, 15) is 4.39 Å². The Hall–Kier alpha value is -3.16. The summed E-state index contributed by atoms with van der Waals surface area (Å²) >= 11 is 0. The van der Waals surface area contributed by atoms with Gasteiger partial charge in [-0.05, 0) is 24.6 Å². The fourth-order valence-electron chi connectivity index (χ4n) is 3.24. The number of benzene rings is 1. The highest BCUT2D eigenvalue weighted by atomic mass is 19.1. The van der Waals surface area contributed by atoms with Crippen molar-refractivity contribution in [3.8, 4) is 5.88 Å². The number of nitrogens with zero attached hydrogens (tertiary/aromatic N) is 5. The predicted molar refractivity (Wildman–Crippen MR) is 92.8 cm³/mol. The van der Waals surface area contributed by atoms with Gasteiger partial charge in [0.25, 0.3) is 6.01 Å². The lowest BCUT2D eigenvalue weighted by Gasteiger charge is -2.14. The summed E-state index contributed by atoms with van der Waals surface area (Å²) in [7, 11) is 0. The molecule has 1 aromatic carbocycles. The SMILES string of the molecule is Fc1ccc2nc(N3CCC(COc4ccc5nccn5n4)C3)oc2c1. The Morgan fingerprint density at radius 2 is 2.23 bits per heavy atom. The monoisotopic (exact) mass is 353 g/mol. The quantitative estimate of drug-likeness (QED) is 0.562. The van der Waals surface area contributed by atoms with E-state index < -0.39 is 0 Å². The van der Waals surface area contributed by atoms with E-state index in [1.165, 1.54) is 12.1 Å². The lowest BCUT2D eigenvalue weighted by Crippen LogP contribution is -2.22. The highest BCUT2D eigenvalue weighted by Crippen LogP contribution is 2.27. The van der Waals surface area contributed by atoms with Crippen molar-refractivity contribution in [1.82, 2.24) is 19.6 Å². The molecule has 0 amide bonds. The van der Waals surface area contributed by atoms with Crippen LogP contribution in [0.4, 0.5) is 10.4 Å².